The van der Waals surface area contributed by atoms with Crippen LogP contribution in [0.4, 0.5) is 5.82 Å². The van der Waals surface area contributed by atoms with Crippen molar-refractivity contribution in [3.63, 3.8) is 0 Å². The van der Waals surface area contributed by atoms with Gasteiger partial charge in [0, 0.05) is 12.1 Å². The molecular weight excluding hydrogens is 298 g/mol. The molecule has 7 heteroatoms. The van der Waals surface area contributed by atoms with Crippen LogP contribution in [0.3, 0.4) is 0 Å². The van der Waals surface area contributed by atoms with Gasteiger partial charge < -0.3 is 14.7 Å². The molecule has 0 aliphatic heterocycles. The third kappa shape index (κ3) is 1.97. The number of H-pyrrole nitrogens is 1. The Kier molecular flexibility index (Phi) is 2.75. The van der Waals surface area contributed by atoms with E-state index in [2.05, 4.69) is 41.2 Å². The first-order valence-electron chi connectivity index (χ1n) is 5.37. The van der Waals surface area contributed by atoms with Gasteiger partial charge in [-0.05, 0) is 28.9 Å². The normalized spacial score (nSPS) is 11.0. The van der Waals surface area contributed by atoms with Gasteiger partial charge >= 0.3 is 0 Å². The minimum absolute atomic E-state index is 0.613. The van der Waals surface area contributed by atoms with Gasteiger partial charge in [0.15, 0.2) is 16.1 Å². The SMILES string of the molecule is Cc1nc(NCc2ccoc2Br)c2[nH]cnc2n1. The van der Waals surface area contributed by atoms with Crippen molar-refractivity contribution in [2.45, 2.75) is 13.5 Å². The Morgan fingerprint density at radius 1 is 1.44 bits per heavy atom. The van der Waals surface area contributed by atoms with Crippen LogP contribution in [0, 0.1) is 6.92 Å². The van der Waals surface area contributed by atoms with Gasteiger partial charge in [-0.1, -0.05) is 0 Å². The van der Waals surface area contributed by atoms with E-state index in [-0.39, 0.29) is 0 Å². The fourth-order valence-electron chi connectivity index (χ4n) is 1.69. The van der Waals surface area contributed by atoms with Gasteiger partial charge in [0.1, 0.15) is 11.3 Å². The quantitative estimate of drug-likeness (QED) is 0.777. The summed E-state index contributed by atoms with van der Waals surface area (Å²) in [5, 5.41) is 3.25. The summed E-state index contributed by atoms with van der Waals surface area (Å²) in [6, 6.07) is 1.90. The molecule has 18 heavy (non-hydrogen) atoms. The maximum Gasteiger partial charge on any atom is 0.183 e. The number of anilines is 1. The van der Waals surface area contributed by atoms with Crippen LogP contribution in [-0.4, -0.2) is 19.9 Å². The number of nitrogens with one attached hydrogen (secondary N) is 2. The number of rotatable bonds is 3. The lowest BCUT2D eigenvalue weighted by Crippen LogP contribution is -2.03. The fourth-order valence-corrected chi connectivity index (χ4v) is 2.07. The summed E-state index contributed by atoms with van der Waals surface area (Å²) in [6.07, 6.45) is 3.25. The highest BCUT2D eigenvalue weighted by atomic mass is 79.9. The molecule has 2 N–H and O–H groups in total. The zero-order valence-corrected chi connectivity index (χ0v) is 11.2. The molecule has 0 spiro atoms. The number of hydrogen-bond acceptors (Lipinski definition) is 5. The molecule has 0 saturated carbocycles. The van der Waals surface area contributed by atoms with Crippen molar-refractivity contribution in [3.8, 4) is 0 Å². The monoisotopic (exact) mass is 307 g/mol. The molecule has 3 aromatic heterocycles. The summed E-state index contributed by atoms with van der Waals surface area (Å²) >= 11 is 3.34. The van der Waals surface area contributed by atoms with E-state index in [9.17, 15) is 0 Å². The zero-order chi connectivity index (χ0) is 12.5. The first-order valence-corrected chi connectivity index (χ1v) is 6.17. The molecule has 0 aromatic carbocycles. The van der Waals surface area contributed by atoms with Crippen molar-refractivity contribution in [3.05, 3.63) is 34.7 Å². The molecule has 0 bridgehead atoms. The summed E-state index contributed by atoms with van der Waals surface area (Å²) in [6.45, 7) is 2.45. The van der Waals surface area contributed by atoms with Crippen LogP contribution in [0.2, 0.25) is 0 Å². The lowest BCUT2D eigenvalue weighted by atomic mass is 10.3. The van der Waals surface area contributed by atoms with Crippen molar-refractivity contribution >= 4 is 32.9 Å². The third-order valence-corrected chi connectivity index (χ3v) is 3.23. The molecule has 0 saturated heterocycles. The Bertz CT molecular complexity index is 690. The second-order valence-electron chi connectivity index (χ2n) is 3.79. The molecular formula is C11H10BrN5O. The smallest absolute Gasteiger partial charge is 0.183 e. The Morgan fingerprint density at radius 3 is 3.11 bits per heavy atom. The van der Waals surface area contributed by atoms with Crippen molar-refractivity contribution in [1.82, 2.24) is 19.9 Å². The zero-order valence-electron chi connectivity index (χ0n) is 9.57. The molecule has 0 aliphatic rings. The van der Waals surface area contributed by atoms with Crippen LogP contribution in [0.25, 0.3) is 11.2 Å². The van der Waals surface area contributed by atoms with Crippen LogP contribution in [-0.2, 0) is 6.54 Å². The van der Waals surface area contributed by atoms with Gasteiger partial charge in [0.2, 0.25) is 0 Å². The highest BCUT2D eigenvalue weighted by molar-refractivity contribution is 9.10. The number of halogens is 1. The van der Waals surface area contributed by atoms with E-state index in [1.165, 1.54) is 0 Å². The molecule has 6 nitrogen and oxygen atoms in total. The average Bonchev–Trinajstić information content (AvgIpc) is 2.94. The maximum atomic E-state index is 5.17. The predicted molar refractivity (Wildman–Crippen MR) is 70.2 cm³/mol. The minimum atomic E-state index is 0.613. The third-order valence-electron chi connectivity index (χ3n) is 2.54. The van der Waals surface area contributed by atoms with Crippen molar-refractivity contribution < 1.29 is 4.42 Å². The first-order chi connectivity index (χ1) is 8.74. The number of fused-ring (bicyclic) bond motifs is 1. The van der Waals surface area contributed by atoms with Crippen LogP contribution in [0.1, 0.15) is 11.4 Å². The summed E-state index contributed by atoms with van der Waals surface area (Å²) in [7, 11) is 0. The molecule has 3 heterocycles. The van der Waals surface area contributed by atoms with E-state index in [0.29, 0.717) is 18.0 Å². The molecule has 0 amide bonds. The fraction of sp³-hybridized carbons (Fsp3) is 0.182. The van der Waals surface area contributed by atoms with Crippen LogP contribution in [0.5, 0.6) is 0 Å². The summed E-state index contributed by atoms with van der Waals surface area (Å²) in [5.41, 5.74) is 2.50. The lowest BCUT2D eigenvalue weighted by molar-refractivity contribution is 0.537. The van der Waals surface area contributed by atoms with E-state index in [1.807, 2.05) is 13.0 Å². The number of aromatic nitrogens is 4. The highest BCUT2D eigenvalue weighted by Gasteiger charge is 2.09. The molecule has 0 fully saturated rings. The molecule has 0 atom stereocenters. The number of aryl methyl sites for hydroxylation is 1. The Morgan fingerprint density at radius 2 is 2.33 bits per heavy atom. The largest absolute Gasteiger partial charge is 0.457 e. The Hall–Kier alpha value is -1.89. The molecule has 92 valence electrons. The van der Waals surface area contributed by atoms with Gasteiger partial charge in [0.05, 0.1) is 12.6 Å². The predicted octanol–water partition coefficient (Wildman–Crippen LogP) is 2.63. The molecule has 3 aromatic rings. The van der Waals surface area contributed by atoms with E-state index in [0.717, 1.165) is 21.6 Å². The molecule has 0 radical (unpaired) electrons. The first kappa shape index (κ1) is 11.2. The van der Waals surface area contributed by atoms with Gasteiger partial charge in [-0.3, -0.25) is 0 Å². The molecule has 0 unspecified atom stereocenters. The number of aromatic amines is 1. The standard InChI is InChI=1S/C11H10BrN5O/c1-6-16-10(8-11(17-6)15-5-14-8)13-4-7-2-3-18-9(7)12/h2-3,5H,4H2,1H3,(H2,13,14,15,16,17). The number of furan rings is 1. The maximum absolute atomic E-state index is 5.17. The van der Waals surface area contributed by atoms with E-state index in [4.69, 9.17) is 4.42 Å². The topological polar surface area (TPSA) is 79.6 Å². The Labute approximate surface area is 111 Å². The van der Waals surface area contributed by atoms with E-state index in [1.54, 1.807) is 12.6 Å². The molecule has 3 rings (SSSR count). The summed E-state index contributed by atoms with van der Waals surface area (Å²) in [5.74, 6) is 1.42. The van der Waals surface area contributed by atoms with Gasteiger partial charge in [-0.25, -0.2) is 15.0 Å². The summed E-state index contributed by atoms with van der Waals surface area (Å²) in [4.78, 5) is 15.8. The highest BCUT2D eigenvalue weighted by Crippen LogP contribution is 2.21. The second-order valence-corrected chi connectivity index (χ2v) is 4.51. The average molecular weight is 308 g/mol. The van der Waals surface area contributed by atoms with Crippen LogP contribution >= 0.6 is 15.9 Å². The number of imidazole rings is 1. The van der Waals surface area contributed by atoms with Crippen molar-refractivity contribution in [2.24, 2.45) is 0 Å². The molecule has 0 aliphatic carbocycles. The van der Waals surface area contributed by atoms with Gasteiger partial charge in [-0.15, -0.1) is 0 Å². The minimum Gasteiger partial charge on any atom is -0.457 e. The van der Waals surface area contributed by atoms with Gasteiger partial charge in [-0.2, -0.15) is 0 Å². The van der Waals surface area contributed by atoms with Crippen LogP contribution in [0.15, 0.2) is 27.7 Å². The Balaban J connectivity index is 1.90. The van der Waals surface area contributed by atoms with Gasteiger partial charge in [0.25, 0.3) is 0 Å². The number of hydrogen-bond donors (Lipinski definition) is 2. The summed E-state index contributed by atoms with van der Waals surface area (Å²) < 4.78 is 5.90. The lowest BCUT2D eigenvalue weighted by Gasteiger charge is -2.05. The van der Waals surface area contributed by atoms with Crippen molar-refractivity contribution in [2.75, 3.05) is 5.32 Å². The van der Waals surface area contributed by atoms with Crippen molar-refractivity contribution in [1.29, 1.82) is 0 Å². The van der Waals surface area contributed by atoms with E-state index >= 15 is 0 Å². The number of nitrogens with zero attached hydrogens (tertiary/aromatic N) is 3. The second kappa shape index (κ2) is 4.41. The van der Waals surface area contributed by atoms with E-state index < -0.39 is 0 Å². The van der Waals surface area contributed by atoms with Crippen LogP contribution < -0.4 is 5.32 Å².